The normalized spacial score (nSPS) is 15.5. The number of ether oxygens (including phenoxy) is 1. The van der Waals surface area contributed by atoms with Crippen LogP contribution in [0, 0.1) is 25.6 Å². The van der Waals surface area contributed by atoms with Gasteiger partial charge in [0.25, 0.3) is 5.91 Å². The summed E-state index contributed by atoms with van der Waals surface area (Å²) < 4.78 is 18.5. The van der Waals surface area contributed by atoms with Gasteiger partial charge in [0.05, 0.1) is 5.92 Å². The summed E-state index contributed by atoms with van der Waals surface area (Å²) in [5.41, 5.74) is 2.81. The maximum Gasteiger partial charge on any atom is 0.309 e. The number of esters is 1. The average molecular weight is 411 g/mol. The number of Topliss-reactive ketones (excluding diaryl/α,β-unsaturated/α-hetero) is 1. The van der Waals surface area contributed by atoms with Gasteiger partial charge in [-0.3, -0.25) is 14.4 Å². The number of carbonyl (C=O) groups is 3. The fourth-order valence-electron chi connectivity index (χ4n) is 3.64. The van der Waals surface area contributed by atoms with Gasteiger partial charge in [0.2, 0.25) is 5.78 Å². The number of ketones is 1. The van der Waals surface area contributed by atoms with E-state index < -0.39 is 17.9 Å². The highest BCUT2D eigenvalue weighted by Crippen LogP contribution is 2.22. The molecule has 2 aromatic carbocycles. The Kier molecular flexibility index (Phi) is 6.65. The fraction of sp³-hybridized carbons (Fsp3) is 0.375. The SMILES string of the molecule is Cc1ccc(C)c(C(=O)[C@H](C)OC(=O)C2CCN(C(=O)c3ccc(F)cc3)CC2)c1. The third-order valence-corrected chi connectivity index (χ3v) is 5.53. The first-order valence-corrected chi connectivity index (χ1v) is 10.1. The Morgan fingerprint density at radius 1 is 1.03 bits per heavy atom. The van der Waals surface area contributed by atoms with E-state index in [9.17, 15) is 18.8 Å². The molecule has 30 heavy (non-hydrogen) atoms. The van der Waals surface area contributed by atoms with E-state index in [0.29, 0.717) is 37.1 Å². The lowest BCUT2D eigenvalue weighted by Gasteiger charge is -2.31. The number of hydrogen-bond acceptors (Lipinski definition) is 4. The van der Waals surface area contributed by atoms with Gasteiger partial charge in [0.1, 0.15) is 5.82 Å². The summed E-state index contributed by atoms with van der Waals surface area (Å²) in [4.78, 5) is 39.4. The summed E-state index contributed by atoms with van der Waals surface area (Å²) in [6, 6.07) is 11.0. The van der Waals surface area contributed by atoms with Gasteiger partial charge in [0.15, 0.2) is 6.10 Å². The minimum Gasteiger partial charge on any atom is -0.454 e. The van der Waals surface area contributed by atoms with Gasteiger partial charge in [-0.2, -0.15) is 0 Å². The molecule has 0 aromatic heterocycles. The highest BCUT2D eigenvalue weighted by atomic mass is 19.1. The molecule has 0 unspecified atom stereocenters. The molecule has 0 saturated carbocycles. The Hall–Kier alpha value is -3.02. The van der Waals surface area contributed by atoms with Crippen LogP contribution < -0.4 is 0 Å². The second-order valence-electron chi connectivity index (χ2n) is 7.84. The third kappa shape index (κ3) is 4.93. The predicted octanol–water partition coefficient (Wildman–Crippen LogP) is 4.11. The fourth-order valence-corrected chi connectivity index (χ4v) is 3.64. The quantitative estimate of drug-likeness (QED) is 0.549. The number of piperidine rings is 1. The van der Waals surface area contributed by atoms with Crippen molar-refractivity contribution in [3.8, 4) is 0 Å². The molecule has 1 saturated heterocycles. The Labute approximate surface area is 175 Å². The molecule has 2 aromatic rings. The van der Waals surface area contributed by atoms with E-state index in [-0.39, 0.29) is 17.6 Å². The maximum atomic E-state index is 13.0. The number of rotatable bonds is 5. The van der Waals surface area contributed by atoms with Crippen molar-refractivity contribution in [2.75, 3.05) is 13.1 Å². The van der Waals surface area contributed by atoms with E-state index in [1.54, 1.807) is 11.8 Å². The largest absolute Gasteiger partial charge is 0.454 e. The molecular weight excluding hydrogens is 385 g/mol. The van der Waals surface area contributed by atoms with Crippen molar-refractivity contribution in [3.63, 3.8) is 0 Å². The Bertz CT molecular complexity index is 946. The lowest BCUT2D eigenvalue weighted by Crippen LogP contribution is -2.41. The summed E-state index contributed by atoms with van der Waals surface area (Å²) in [6.45, 7) is 6.18. The molecule has 6 heteroatoms. The molecule has 1 amide bonds. The number of hydrogen-bond donors (Lipinski definition) is 0. The highest BCUT2D eigenvalue weighted by molar-refractivity contribution is 6.01. The van der Waals surface area contributed by atoms with Crippen LogP contribution in [0.2, 0.25) is 0 Å². The predicted molar refractivity (Wildman–Crippen MR) is 111 cm³/mol. The zero-order chi connectivity index (χ0) is 21.8. The van der Waals surface area contributed by atoms with E-state index >= 15 is 0 Å². The van der Waals surface area contributed by atoms with Gasteiger partial charge in [-0.15, -0.1) is 0 Å². The number of aryl methyl sites for hydroxylation is 2. The van der Waals surface area contributed by atoms with Crippen LogP contribution in [0.25, 0.3) is 0 Å². The number of amides is 1. The van der Waals surface area contributed by atoms with Crippen LogP contribution >= 0.6 is 0 Å². The van der Waals surface area contributed by atoms with Crippen LogP contribution in [-0.4, -0.2) is 41.8 Å². The molecule has 1 fully saturated rings. The van der Waals surface area contributed by atoms with Crippen LogP contribution in [0.15, 0.2) is 42.5 Å². The first kappa shape index (κ1) is 21.7. The summed E-state index contributed by atoms with van der Waals surface area (Å²) in [5, 5.41) is 0. The molecule has 0 aliphatic carbocycles. The first-order chi connectivity index (χ1) is 14.3. The summed E-state index contributed by atoms with van der Waals surface area (Å²) in [5.74, 6) is -1.54. The second-order valence-corrected chi connectivity index (χ2v) is 7.84. The van der Waals surface area contributed by atoms with E-state index in [1.807, 2.05) is 32.0 Å². The van der Waals surface area contributed by atoms with Gasteiger partial charge >= 0.3 is 5.97 Å². The molecule has 0 bridgehead atoms. The molecule has 1 aliphatic heterocycles. The molecule has 5 nitrogen and oxygen atoms in total. The number of benzene rings is 2. The monoisotopic (exact) mass is 411 g/mol. The molecule has 1 atom stereocenters. The minimum absolute atomic E-state index is 0.180. The van der Waals surface area contributed by atoms with E-state index in [4.69, 9.17) is 4.74 Å². The zero-order valence-corrected chi connectivity index (χ0v) is 17.5. The van der Waals surface area contributed by atoms with Gasteiger partial charge in [-0.1, -0.05) is 17.7 Å². The summed E-state index contributed by atoms with van der Waals surface area (Å²) in [6.07, 6.45) is 0.0728. The summed E-state index contributed by atoms with van der Waals surface area (Å²) in [7, 11) is 0. The van der Waals surface area contributed by atoms with Crippen LogP contribution in [0.3, 0.4) is 0 Å². The highest BCUT2D eigenvalue weighted by Gasteiger charge is 2.31. The van der Waals surface area contributed by atoms with Crippen molar-refractivity contribution in [2.45, 2.75) is 39.7 Å². The molecule has 158 valence electrons. The number of carbonyl (C=O) groups excluding carboxylic acids is 3. The Morgan fingerprint density at radius 3 is 2.30 bits per heavy atom. The first-order valence-electron chi connectivity index (χ1n) is 10.1. The lowest BCUT2D eigenvalue weighted by atomic mass is 9.96. The van der Waals surface area contributed by atoms with Crippen LogP contribution in [0.4, 0.5) is 4.39 Å². The van der Waals surface area contributed by atoms with Gasteiger partial charge in [-0.05, 0) is 69.5 Å². The molecule has 1 heterocycles. The Balaban J connectivity index is 1.54. The zero-order valence-electron chi connectivity index (χ0n) is 17.5. The van der Waals surface area contributed by atoms with E-state index in [1.165, 1.54) is 24.3 Å². The van der Waals surface area contributed by atoms with Gasteiger partial charge < -0.3 is 9.64 Å². The van der Waals surface area contributed by atoms with Crippen LogP contribution in [0.5, 0.6) is 0 Å². The topological polar surface area (TPSA) is 63.7 Å². The molecule has 0 N–H and O–H groups in total. The third-order valence-electron chi connectivity index (χ3n) is 5.53. The summed E-state index contributed by atoms with van der Waals surface area (Å²) >= 11 is 0. The lowest BCUT2D eigenvalue weighted by molar-refractivity contribution is -0.152. The minimum atomic E-state index is -0.864. The van der Waals surface area contributed by atoms with Crippen molar-refractivity contribution in [2.24, 2.45) is 5.92 Å². The van der Waals surface area contributed by atoms with Crippen molar-refractivity contribution in [1.29, 1.82) is 0 Å². The van der Waals surface area contributed by atoms with Gasteiger partial charge in [-0.25, -0.2) is 4.39 Å². The van der Waals surface area contributed by atoms with E-state index in [2.05, 4.69) is 0 Å². The molecular formula is C24H26FNO4. The van der Waals surface area contributed by atoms with E-state index in [0.717, 1.165) is 11.1 Å². The van der Waals surface area contributed by atoms with Crippen molar-refractivity contribution in [3.05, 3.63) is 70.5 Å². The molecule has 3 rings (SSSR count). The second kappa shape index (κ2) is 9.20. The van der Waals surface area contributed by atoms with Crippen LogP contribution in [0.1, 0.15) is 51.6 Å². The number of halogens is 1. The smallest absolute Gasteiger partial charge is 0.309 e. The Morgan fingerprint density at radius 2 is 1.67 bits per heavy atom. The molecule has 1 aliphatic rings. The standard InChI is InChI=1S/C24H26FNO4/c1-15-4-5-16(2)21(14-15)22(27)17(3)30-24(29)19-10-12-26(13-11-19)23(28)18-6-8-20(25)9-7-18/h4-9,14,17,19H,10-13H2,1-3H3/t17-/m0/s1. The molecule has 0 radical (unpaired) electrons. The molecule has 0 spiro atoms. The number of nitrogens with zero attached hydrogens (tertiary/aromatic N) is 1. The average Bonchev–Trinajstić information content (AvgIpc) is 2.75. The van der Waals surface area contributed by atoms with Gasteiger partial charge in [0, 0.05) is 24.2 Å². The van der Waals surface area contributed by atoms with Crippen molar-refractivity contribution < 1.29 is 23.5 Å². The number of likely N-dealkylation sites (tertiary alicyclic amines) is 1. The van der Waals surface area contributed by atoms with Crippen molar-refractivity contribution in [1.82, 2.24) is 4.90 Å². The van der Waals surface area contributed by atoms with Crippen LogP contribution in [-0.2, 0) is 9.53 Å². The van der Waals surface area contributed by atoms with Crippen molar-refractivity contribution >= 4 is 17.7 Å². The maximum absolute atomic E-state index is 13.0.